The maximum atomic E-state index is 12.4. The van der Waals surface area contributed by atoms with Gasteiger partial charge in [-0.1, -0.05) is 13.8 Å². The number of alkyl halides is 3. The molecule has 168 valence electrons. The molecule has 0 saturated heterocycles. The predicted octanol–water partition coefficient (Wildman–Crippen LogP) is 5.18. The summed E-state index contributed by atoms with van der Waals surface area (Å²) in [5.41, 5.74) is 1.93. The Labute approximate surface area is 179 Å². The van der Waals surface area contributed by atoms with Crippen molar-refractivity contribution in [1.82, 2.24) is 19.5 Å². The van der Waals surface area contributed by atoms with Crippen LogP contribution in [0.5, 0.6) is 11.6 Å². The van der Waals surface area contributed by atoms with Crippen LogP contribution in [0.2, 0.25) is 0 Å². The minimum absolute atomic E-state index is 0.00582. The Morgan fingerprint density at radius 3 is 2.42 bits per heavy atom. The van der Waals surface area contributed by atoms with Crippen LogP contribution in [0, 0.1) is 0 Å². The zero-order chi connectivity index (χ0) is 22.4. The Kier molecular flexibility index (Phi) is 7.37. The molecule has 1 unspecified atom stereocenters. The molecule has 0 aliphatic rings. The molecule has 3 rings (SSSR count). The summed E-state index contributed by atoms with van der Waals surface area (Å²) in [7, 11) is 0. The zero-order valence-corrected chi connectivity index (χ0v) is 17.9. The van der Waals surface area contributed by atoms with Crippen LogP contribution in [0.4, 0.5) is 13.2 Å². The molecular weight excluding hydrogens is 409 g/mol. The molecule has 0 saturated carbocycles. The van der Waals surface area contributed by atoms with E-state index in [9.17, 15) is 13.2 Å². The lowest BCUT2D eigenvalue weighted by Crippen LogP contribution is -2.25. The summed E-state index contributed by atoms with van der Waals surface area (Å²) < 4.78 is 48.6. The van der Waals surface area contributed by atoms with Gasteiger partial charge in [0, 0.05) is 11.6 Å². The van der Waals surface area contributed by atoms with E-state index in [1.165, 1.54) is 24.3 Å². The molecule has 0 bridgehead atoms. The van der Waals surface area contributed by atoms with Crippen molar-refractivity contribution in [2.75, 3.05) is 19.6 Å². The number of ether oxygens (including phenoxy) is 2. The van der Waals surface area contributed by atoms with Crippen molar-refractivity contribution in [3.8, 4) is 22.9 Å². The summed E-state index contributed by atoms with van der Waals surface area (Å²) >= 11 is 0. The number of halogens is 3. The summed E-state index contributed by atoms with van der Waals surface area (Å²) in [6, 6.07) is 9.18. The van der Waals surface area contributed by atoms with Crippen molar-refractivity contribution in [3.63, 3.8) is 0 Å². The first kappa shape index (κ1) is 22.9. The summed E-state index contributed by atoms with van der Waals surface area (Å²) in [5, 5.41) is 4.52. The normalized spacial score (nSPS) is 13.0. The predicted molar refractivity (Wildman–Crippen MR) is 112 cm³/mol. The molecule has 2 heterocycles. The van der Waals surface area contributed by atoms with E-state index in [0.29, 0.717) is 22.8 Å². The highest BCUT2D eigenvalue weighted by molar-refractivity contribution is 5.63. The van der Waals surface area contributed by atoms with E-state index in [0.717, 1.165) is 32.5 Å². The Balaban J connectivity index is 1.69. The molecule has 1 atom stereocenters. The maximum Gasteiger partial charge on any atom is 0.573 e. The Morgan fingerprint density at radius 2 is 1.77 bits per heavy atom. The minimum atomic E-state index is -4.72. The minimum Gasteiger partial charge on any atom is -0.474 e. The molecular formula is C22H27F3N4O2. The van der Waals surface area contributed by atoms with Crippen molar-refractivity contribution in [3.05, 3.63) is 42.6 Å². The molecule has 0 aliphatic carbocycles. The summed E-state index contributed by atoms with van der Waals surface area (Å²) in [6.07, 6.45) is -1.15. The Hall–Kier alpha value is -2.81. The highest BCUT2D eigenvalue weighted by atomic mass is 19.4. The first-order valence-corrected chi connectivity index (χ1v) is 10.4. The Morgan fingerprint density at radius 1 is 1.06 bits per heavy atom. The van der Waals surface area contributed by atoms with E-state index in [-0.39, 0.29) is 11.9 Å². The maximum absolute atomic E-state index is 12.4. The molecule has 31 heavy (non-hydrogen) atoms. The standard InChI is InChI=1S/C22H27F3N4O2/c1-4-28(5-2)14-6-7-16(3)30-21-13-12-20-26-15-19(29(20)27-21)17-8-10-18(11-9-17)31-22(23,24)25/h8-13,15-16H,4-7,14H2,1-3H3. The van der Waals surface area contributed by atoms with Crippen LogP contribution in [0.1, 0.15) is 33.6 Å². The van der Waals surface area contributed by atoms with Crippen molar-refractivity contribution < 1.29 is 22.6 Å². The number of aromatic nitrogens is 3. The molecule has 0 fully saturated rings. The van der Waals surface area contributed by atoms with Gasteiger partial charge in [0.1, 0.15) is 5.75 Å². The van der Waals surface area contributed by atoms with Gasteiger partial charge in [0.25, 0.3) is 0 Å². The largest absolute Gasteiger partial charge is 0.573 e. The molecule has 0 aliphatic heterocycles. The molecule has 3 aromatic rings. The monoisotopic (exact) mass is 436 g/mol. The number of hydrogen-bond acceptors (Lipinski definition) is 5. The fourth-order valence-corrected chi connectivity index (χ4v) is 3.35. The van der Waals surface area contributed by atoms with Crippen molar-refractivity contribution >= 4 is 5.65 Å². The smallest absolute Gasteiger partial charge is 0.474 e. The fourth-order valence-electron chi connectivity index (χ4n) is 3.35. The van der Waals surface area contributed by atoms with E-state index >= 15 is 0 Å². The van der Waals surface area contributed by atoms with E-state index in [1.54, 1.807) is 22.8 Å². The third-order valence-corrected chi connectivity index (χ3v) is 5.02. The zero-order valence-electron chi connectivity index (χ0n) is 17.9. The average molecular weight is 436 g/mol. The summed E-state index contributed by atoms with van der Waals surface area (Å²) in [6.45, 7) is 9.44. The van der Waals surface area contributed by atoms with Gasteiger partial charge in [-0.25, -0.2) is 9.50 Å². The van der Waals surface area contributed by atoms with Gasteiger partial charge >= 0.3 is 6.36 Å². The third kappa shape index (κ3) is 6.33. The van der Waals surface area contributed by atoms with Crippen LogP contribution in [0.25, 0.3) is 16.9 Å². The molecule has 0 radical (unpaired) electrons. The van der Waals surface area contributed by atoms with Gasteiger partial charge in [-0.2, -0.15) is 0 Å². The first-order chi connectivity index (χ1) is 14.8. The number of rotatable bonds is 10. The van der Waals surface area contributed by atoms with Crippen molar-refractivity contribution in [1.29, 1.82) is 0 Å². The van der Waals surface area contributed by atoms with E-state index in [2.05, 4.69) is 33.6 Å². The second-order valence-corrected chi connectivity index (χ2v) is 7.25. The highest BCUT2D eigenvalue weighted by Gasteiger charge is 2.31. The van der Waals surface area contributed by atoms with Crippen LogP contribution in [0.15, 0.2) is 42.6 Å². The van der Waals surface area contributed by atoms with Gasteiger partial charge in [-0.15, -0.1) is 18.3 Å². The second-order valence-electron chi connectivity index (χ2n) is 7.25. The highest BCUT2D eigenvalue weighted by Crippen LogP contribution is 2.27. The average Bonchev–Trinajstić information content (AvgIpc) is 3.14. The summed E-state index contributed by atoms with van der Waals surface area (Å²) in [4.78, 5) is 6.69. The lowest BCUT2D eigenvalue weighted by atomic mass is 10.1. The SMILES string of the molecule is CCN(CC)CCCC(C)Oc1ccc2ncc(-c3ccc(OC(F)(F)F)cc3)n2n1. The second kappa shape index (κ2) is 10.00. The molecule has 0 spiro atoms. The van der Waals surface area contributed by atoms with Crippen LogP contribution in [-0.4, -0.2) is 51.6 Å². The molecule has 9 heteroatoms. The third-order valence-electron chi connectivity index (χ3n) is 5.02. The van der Waals surface area contributed by atoms with Gasteiger partial charge in [0.15, 0.2) is 5.65 Å². The van der Waals surface area contributed by atoms with Gasteiger partial charge in [-0.05, 0) is 69.7 Å². The molecule has 2 aromatic heterocycles. The van der Waals surface area contributed by atoms with Crippen LogP contribution in [0.3, 0.4) is 0 Å². The van der Waals surface area contributed by atoms with Gasteiger partial charge in [-0.3, -0.25) is 0 Å². The van der Waals surface area contributed by atoms with E-state index in [4.69, 9.17) is 4.74 Å². The van der Waals surface area contributed by atoms with Gasteiger partial charge in [0.2, 0.25) is 5.88 Å². The lowest BCUT2D eigenvalue weighted by Gasteiger charge is -2.19. The van der Waals surface area contributed by atoms with Crippen LogP contribution < -0.4 is 9.47 Å². The molecule has 0 N–H and O–H groups in total. The van der Waals surface area contributed by atoms with Crippen LogP contribution >= 0.6 is 0 Å². The first-order valence-electron chi connectivity index (χ1n) is 10.4. The summed E-state index contributed by atoms with van der Waals surface area (Å²) in [5.74, 6) is 0.194. The molecule has 1 aromatic carbocycles. The number of benzene rings is 1. The lowest BCUT2D eigenvalue weighted by molar-refractivity contribution is -0.274. The van der Waals surface area contributed by atoms with Crippen molar-refractivity contribution in [2.24, 2.45) is 0 Å². The number of hydrogen-bond donors (Lipinski definition) is 0. The quantitative estimate of drug-likeness (QED) is 0.438. The van der Waals surface area contributed by atoms with E-state index < -0.39 is 6.36 Å². The number of fused-ring (bicyclic) bond motifs is 1. The fraction of sp³-hybridized carbons (Fsp3) is 0.455. The van der Waals surface area contributed by atoms with Crippen LogP contribution in [-0.2, 0) is 0 Å². The Bertz CT molecular complexity index is 969. The van der Waals surface area contributed by atoms with Gasteiger partial charge in [0.05, 0.1) is 18.0 Å². The topological polar surface area (TPSA) is 51.9 Å². The number of nitrogens with zero attached hydrogens (tertiary/aromatic N) is 4. The van der Waals surface area contributed by atoms with E-state index in [1.807, 2.05) is 6.92 Å². The molecule has 0 amide bonds. The number of imidazole rings is 1. The van der Waals surface area contributed by atoms with Crippen molar-refractivity contribution in [2.45, 2.75) is 46.1 Å². The molecule has 6 nitrogen and oxygen atoms in total. The van der Waals surface area contributed by atoms with Gasteiger partial charge < -0.3 is 14.4 Å².